The molecule has 0 aliphatic heterocycles. The van der Waals surface area contributed by atoms with Crippen molar-refractivity contribution in [2.75, 3.05) is 0 Å². The number of benzene rings is 1. The summed E-state index contributed by atoms with van der Waals surface area (Å²) in [4.78, 5) is 11.1. The van der Waals surface area contributed by atoms with E-state index in [1.165, 1.54) is 0 Å². The second-order valence-electron chi connectivity index (χ2n) is 6.48. The number of nitrogens with zero attached hydrogens (tertiary/aromatic N) is 1. The van der Waals surface area contributed by atoms with E-state index in [1.807, 2.05) is 30.3 Å². The second kappa shape index (κ2) is 7.31. The first-order valence-electron chi connectivity index (χ1n) is 8.39. The third kappa shape index (κ3) is 4.04. The number of aliphatic carboxylic acids is 1. The van der Waals surface area contributed by atoms with Gasteiger partial charge in [0, 0.05) is 18.5 Å². The van der Waals surface area contributed by atoms with E-state index < -0.39 is 30.3 Å². The largest absolute Gasteiger partial charge is 0.481 e. The molecule has 0 amide bonds. The third-order valence-electron chi connectivity index (χ3n) is 4.81. The summed E-state index contributed by atoms with van der Waals surface area (Å²) in [6.45, 7) is 0.249. The van der Waals surface area contributed by atoms with Crippen LogP contribution in [0.5, 0.6) is 0 Å². The lowest BCUT2D eigenvalue weighted by Crippen LogP contribution is -2.43. The highest BCUT2D eigenvalue weighted by Gasteiger charge is 2.43. The summed E-state index contributed by atoms with van der Waals surface area (Å²) in [5.41, 5.74) is 2.55. The first-order valence-corrected chi connectivity index (χ1v) is 8.39. The zero-order valence-corrected chi connectivity index (χ0v) is 13.7. The maximum absolute atomic E-state index is 14.3. The van der Waals surface area contributed by atoms with Crippen LogP contribution in [0.1, 0.15) is 31.2 Å². The number of alkyl halides is 2. The van der Waals surface area contributed by atoms with Crippen molar-refractivity contribution in [3.05, 3.63) is 42.1 Å². The smallest absolute Gasteiger partial charge is 0.306 e. The standard InChI is InChI=1S/C18H21F2N3O2/c19-18(20)9-8-13(17(24)25)6-7-15(18)21-10-14-11-22-23-16(14)12-4-2-1-3-5-12/h1-5,11,13,15,21H,6-10H2,(H,22,23)(H,24,25)/t13-,15-/m1/s1. The van der Waals surface area contributed by atoms with Crippen LogP contribution in [0.4, 0.5) is 8.78 Å². The number of aromatic nitrogens is 2. The summed E-state index contributed by atoms with van der Waals surface area (Å²) in [7, 11) is 0. The highest BCUT2D eigenvalue weighted by atomic mass is 19.3. The van der Waals surface area contributed by atoms with Crippen LogP contribution in [-0.4, -0.2) is 33.2 Å². The Kier molecular flexibility index (Phi) is 5.13. The summed E-state index contributed by atoms with van der Waals surface area (Å²) >= 11 is 0. The van der Waals surface area contributed by atoms with E-state index in [0.717, 1.165) is 16.8 Å². The van der Waals surface area contributed by atoms with Gasteiger partial charge in [0.1, 0.15) is 0 Å². The normalized spacial score (nSPS) is 23.1. The number of aromatic amines is 1. The topological polar surface area (TPSA) is 78.0 Å². The molecule has 5 nitrogen and oxygen atoms in total. The Bertz CT molecular complexity index is 718. The van der Waals surface area contributed by atoms with Crippen LogP contribution in [-0.2, 0) is 11.3 Å². The van der Waals surface area contributed by atoms with Crippen LogP contribution in [0.3, 0.4) is 0 Å². The van der Waals surface area contributed by atoms with Crippen LogP contribution in [0.15, 0.2) is 36.5 Å². The Morgan fingerprint density at radius 1 is 1.28 bits per heavy atom. The number of hydrogen-bond acceptors (Lipinski definition) is 3. The molecule has 2 atom stereocenters. The maximum atomic E-state index is 14.3. The van der Waals surface area contributed by atoms with E-state index in [9.17, 15) is 13.6 Å². The molecule has 1 aromatic carbocycles. The van der Waals surface area contributed by atoms with E-state index in [2.05, 4.69) is 15.5 Å². The highest BCUT2D eigenvalue weighted by Crippen LogP contribution is 2.35. The van der Waals surface area contributed by atoms with Crippen molar-refractivity contribution >= 4 is 5.97 Å². The average molecular weight is 349 g/mol. The number of carboxylic acids is 1. The Hall–Kier alpha value is -2.28. The molecule has 3 rings (SSSR count). The van der Waals surface area contributed by atoms with E-state index >= 15 is 0 Å². The summed E-state index contributed by atoms with van der Waals surface area (Å²) in [5, 5.41) is 18.9. The fourth-order valence-electron chi connectivity index (χ4n) is 3.30. The van der Waals surface area contributed by atoms with Crippen LogP contribution < -0.4 is 5.32 Å². The molecule has 0 spiro atoms. The maximum Gasteiger partial charge on any atom is 0.306 e. The van der Waals surface area contributed by atoms with Gasteiger partial charge in [-0.05, 0) is 24.8 Å². The van der Waals surface area contributed by atoms with Crippen LogP contribution >= 0.6 is 0 Å². The molecule has 134 valence electrons. The minimum atomic E-state index is -2.92. The van der Waals surface area contributed by atoms with Gasteiger partial charge >= 0.3 is 5.97 Å². The molecule has 1 aliphatic rings. The highest BCUT2D eigenvalue weighted by molar-refractivity contribution is 5.70. The lowest BCUT2D eigenvalue weighted by molar-refractivity contribution is -0.142. The molecule has 1 fully saturated rings. The summed E-state index contributed by atoms with van der Waals surface area (Å²) in [6.07, 6.45) is 1.65. The lowest BCUT2D eigenvalue weighted by atomic mass is 10.0. The number of carbonyl (C=O) groups is 1. The molecule has 25 heavy (non-hydrogen) atoms. The Labute approximate surface area is 144 Å². The van der Waals surface area contributed by atoms with E-state index in [0.29, 0.717) is 0 Å². The summed E-state index contributed by atoms with van der Waals surface area (Å²) < 4.78 is 28.7. The molecule has 1 aromatic heterocycles. The fourth-order valence-corrected chi connectivity index (χ4v) is 3.30. The predicted molar refractivity (Wildman–Crippen MR) is 89.2 cm³/mol. The van der Waals surface area contributed by atoms with Gasteiger partial charge in [0.25, 0.3) is 5.92 Å². The molecule has 1 heterocycles. The van der Waals surface area contributed by atoms with Crippen LogP contribution in [0, 0.1) is 5.92 Å². The molecule has 7 heteroatoms. The van der Waals surface area contributed by atoms with Gasteiger partial charge in [-0.2, -0.15) is 5.10 Å². The van der Waals surface area contributed by atoms with Gasteiger partial charge in [-0.3, -0.25) is 9.89 Å². The summed E-state index contributed by atoms with van der Waals surface area (Å²) in [6, 6.07) is 8.53. The van der Waals surface area contributed by atoms with E-state index in [-0.39, 0.29) is 25.8 Å². The predicted octanol–water partition coefficient (Wildman–Crippen LogP) is 3.45. The third-order valence-corrected chi connectivity index (χ3v) is 4.81. The molecular weight excluding hydrogens is 328 g/mol. The number of halogens is 2. The van der Waals surface area contributed by atoms with Crippen molar-refractivity contribution in [2.24, 2.45) is 5.92 Å². The molecule has 3 N–H and O–H groups in total. The van der Waals surface area contributed by atoms with Crippen molar-refractivity contribution in [3.63, 3.8) is 0 Å². The molecule has 0 bridgehead atoms. The van der Waals surface area contributed by atoms with Crippen molar-refractivity contribution in [2.45, 2.75) is 44.2 Å². The van der Waals surface area contributed by atoms with Gasteiger partial charge in [-0.1, -0.05) is 30.3 Å². The molecule has 0 saturated heterocycles. The van der Waals surface area contributed by atoms with Gasteiger partial charge in [0.05, 0.1) is 23.9 Å². The molecule has 0 unspecified atom stereocenters. The van der Waals surface area contributed by atoms with Crippen molar-refractivity contribution in [1.82, 2.24) is 15.5 Å². The first kappa shape index (κ1) is 17.5. The molecule has 2 aromatic rings. The van der Waals surface area contributed by atoms with Gasteiger partial charge < -0.3 is 10.4 Å². The second-order valence-corrected chi connectivity index (χ2v) is 6.48. The summed E-state index contributed by atoms with van der Waals surface area (Å²) in [5.74, 6) is -4.59. The van der Waals surface area contributed by atoms with Crippen LogP contribution in [0.2, 0.25) is 0 Å². The quantitative estimate of drug-likeness (QED) is 0.723. The SMILES string of the molecule is O=C(O)[C@@H]1CC[C@@H](NCc2cn[nH]c2-c2ccccc2)C(F)(F)CC1. The number of carboxylic acid groups (broad SMARTS) is 1. The molecule has 1 saturated carbocycles. The number of nitrogens with one attached hydrogen (secondary N) is 2. The van der Waals surface area contributed by atoms with Gasteiger partial charge in [0.15, 0.2) is 0 Å². The molecule has 0 radical (unpaired) electrons. The van der Waals surface area contributed by atoms with Gasteiger partial charge in [-0.15, -0.1) is 0 Å². The minimum Gasteiger partial charge on any atom is -0.481 e. The number of hydrogen-bond donors (Lipinski definition) is 3. The van der Waals surface area contributed by atoms with Crippen molar-refractivity contribution in [1.29, 1.82) is 0 Å². The number of H-pyrrole nitrogens is 1. The lowest BCUT2D eigenvalue weighted by Gasteiger charge is -2.25. The van der Waals surface area contributed by atoms with Gasteiger partial charge in [-0.25, -0.2) is 8.78 Å². The van der Waals surface area contributed by atoms with E-state index in [4.69, 9.17) is 5.11 Å². The minimum absolute atomic E-state index is 0.0154. The molecule has 1 aliphatic carbocycles. The van der Waals surface area contributed by atoms with Crippen molar-refractivity contribution < 1.29 is 18.7 Å². The molecular formula is C18H21F2N3O2. The number of rotatable bonds is 5. The average Bonchev–Trinajstić information content (AvgIpc) is 2.99. The Morgan fingerprint density at radius 2 is 2.04 bits per heavy atom. The van der Waals surface area contributed by atoms with Crippen molar-refractivity contribution in [3.8, 4) is 11.3 Å². The first-order chi connectivity index (χ1) is 12.0. The monoisotopic (exact) mass is 349 g/mol. The zero-order chi connectivity index (χ0) is 17.9. The van der Waals surface area contributed by atoms with E-state index in [1.54, 1.807) is 6.20 Å². The fraction of sp³-hybridized carbons (Fsp3) is 0.444. The Balaban J connectivity index is 1.69. The zero-order valence-electron chi connectivity index (χ0n) is 13.7. The van der Waals surface area contributed by atoms with Crippen LogP contribution in [0.25, 0.3) is 11.3 Å². The van der Waals surface area contributed by atoms with Gasteiger partial charge in [0.2, 0.25) is 0 Å². The Morgan fingerprint density at radius 3 is 2.76 bits per heavy atom.